The highest BCUT2D eigenvalue weighted by molar-refractivity contribution is 9.10. The minimum absolute atomic E-state index is 0.328. The molecule has 1 aliphatic heterocycles. The number of fused-ring (bicyclic) bond motifs is 1. The summed E-state index contributed by atoms with van der Waals surface area (Å²) in [6, 6.07) is 8.15. The van der Waals surface area contributed by atoms with Crippen molar-refractivity contribution in [1.29, 1.82) is 0 Å². The Morgan fingerprint density at radius 1 is 1.38 bits per heavy atom. The fourth-order valence-corrected chi connectivity index (χ4v) is 3.19. The lowest BCUT2D eigenvalue weighted by molar-refractivity contribution is 0.277. The summed E-state index contributed by atoms with van der Waals surface area (Å²) >= 11 is 4.75. The van der Waals surface area contributed by atoms with Crippen molar-refractivity contribution in [1.82, 2.24) is 9.36 Å². The number of hydrogen-bond donors (Lipinski definition) is 0. The summed E-state index contributed by atoms with van der Waals surface area (Å²) in [5.41, 5.74) is 1.22. The number of nitrogens with zero attached hydrogens (tertiary/aromatic N) is 2. The zero-order valence-electron chi connectivity index (χ0n) is 8.39. The molecular weight excluding hydrogens is 288 g/mol. The molecule has 0 spiro atoms. The Bertz CT molecular complexity index is 514. The Labute approximate surface area is 106 Å². The van der Waals surface area contributed by atoms with Crippen molar-refractivity contribution in [2.45, 2.75) is 12.3 Å². The third-order valence-corrected chi connectivity index (χ3v) is 4.09. The zero-order chi connectivity index (χ0) is 11.0. The number of halogens is 1. The van der Waals surface area contributed by atoms with Crippen LogP contribution in [0.4, 0.5) is 0 Å². The summed E-state index contributed by atoms with van der Waals surface area (Å²) in [5.74, 6) is 1.30. The fourth-order valence-electron chi connectivity index (χ4n) is 1.96. The van der Waals surface area contributed by atoms with E-state index in [4.69, 9.17) is 4.74 Å². The van der Waals surface area contributed by atoms with E-state index in [1.54, 1.807) is 0 Å². The lowest BCUT2D eigenvalue weighted by atomic mass is 9.94. The average Bonchev–Trinajstić information content (AvgIpc) is 2.75. The Balaban J connectivity index is 2.04. The third-order valence-electron chi connectivity index (χ3n) is 2.67. The second kappa shape index (κ2) is 4.14. The van der Waals surface area contributed by atoms with Crippen molar-refractivity contribution >= 4 is 27.5 Å². The van der Waals surface area contributed by atoms with Crippen molar-refractivity contribution in [3.63, 3.8) is 0 Å². The van der Waals surface area contributed by atoms with Crippen LogP contribution in [0.1, 0.15) is 22.9 Å². The largest absolute Gasteiger partial charge is 0.493 e. The fraction of sp³-hybridized carbons (Fsp3) is 0.273. The van der Waals surface area contributed by atoms with Crippen molar-refractivity contribution in [3.05, 3.63) is 39.6 Å². The SMILES string of the molecule is Brc1nsc(C2CCOc3ccccc32)n1. The van der Waals surface area contributed by atoms with Gasteiger partial charge in [0.1, 0.15) is 10.8 Å². The zero-order valence-corrected chi connectivity index (χ0v) is 10.8. The summed E-state index contributed by atoms with van der Waals surface area (Å²) < 4.78 is 10.5. The molecular formula is C11H9BrN2OS. The van der Waals surface area contributed by atoms with E-state index < -0.39 is 0 Å². The van der Waals surface area contributed by atoms with E-state index in [0.717, 1.165) is 23.8 Å². The number of rotatable bonds is 1. The van der Waals surface area contributed by atoms with Crippen LogP contribution < -0.4 is 4.74 Å². The van der Waals surface area contributed by atoms with Gasteiger partial charge in [0.05, 0.1) is 6.61 Å². The van der Waals surface area contributed by atoms with Gasteiger partial charge in [-0.15, -0.1) is 0 Å². The Morgan fingerprint density at radius 3 is 3.06 bits per heavy atom. The summed E-state index contributed by atoms with van der Waals surface area (Å²) in [6.07, 6.45) is 0.971. The molecule has 2 aromatic rings. The van der Waals surface area contributed by atoms with Crippen LogP contribution in [0.2, 0.25) is 0 Å². The minimum atomic E-state index is 0.328. The molecule has 1 unspecified atom stereocenters. The van der Waals surface area contributed by atoms with Crippen molar-refractivity contribution in [3.8, 4) is 5.75 Å². The topological polar surface area (TPSA) is 35.0 Å². The molecule has 2 heterocycles. The van der Waals surface area contributed by atoms with Crippen LogP contribution in [0, 0.1) is 0 Å². The second-order valence-corrected chi connectivity index (χ2v) is 5.12. The molecule has 0 bridgehead atoms. The molecule has 5 heteroatoms. The maximum atomic E-state index is 5.63. The predicted molar refractivity (Wildman–Crippen MR) is 66.0 cm³/mol. The molecule has 1 atom stereocenters. The van der Waals surface area contributed by atoms with Crippen molar-refractivity contribution in [2.24, 2.45) is 0 Å². The Kier molecular flexibility index (Phi) is 2.65. The molecule has 0 saturated carbocycles. The van der Waals surface area contributed by atoms with E-state index >= 15 is 0 Å². The molecule has 16 heavy (non-hydrogen) atoms. The number of ether oxygens (including phenoxy) is 1. The van der Waals surface area contributed by atoms with E-state index in [1.165, 1.54) is 17.1 Å². The van der Waals surface area contributed by atoms with Gasteiger partial charge in [-0.05, 0) is 39.9 Å². The minimum Gasteiger partial charge on any atom is -0.493 e. The Morgan fingerprint density at radius 2 is 2.25 bits per heavy atom. The van der Waals surface area contributed by atoms with Crippen LogP contribution in [-0.4, -0.2) is 16.0 Å². The molecule has 1 aromatic carbocycles. The molecule has 0 fully saturated rings. The lowest BCUT2D eigenvalue weighted by Crippen LogP contribution is -2.14. The first-order valence-electron chi connectivity index (χ1n) is 5.05. The molecule has 0 N–H and O–H groups in total. The Hall–Kier alpha value is -0.940. The van der Waals surface area contributed by atoms with Gasteiger partial charge < -0.3 is 4.74 Å². The number of hydrogen-bond acceptors (Lipinski definition) is 4. The van der Waals surface area contributed by atoms with Gasteiger partial charge in [-0.2, -0.15) is 4.37 Å². The highest BCUT2D eigenvalue weighted by Gasteiger charge is 2.25. The summed E-state index contributed by atoms with van der Waals surface area (Å²) in [7, 11) is 0. The third kappa shape index (κ3) is 1.74. The van der Waals surface area contributed by atoms with Crippen LogP contribution >= 0.6 is 27.5 Å². The first-order chi connectivity index (χ1) is 7.84. The molecule has 82 valence electrons. The second-order valence-electron chi connectivity index (χ2n) is 3.63. The summed E-state index contributed by atoms with van der Waals surface area (Å²) in [4.78, 5) is 4.40. The van der Waals surface area contributed by atoms with E-state index in [0.29, 0.717) is 10.7 Å². The first kappa shape index (κ1) is 10.2. The number of para-hydroxylation sites is 1. The van der Waals surface area contributed by atoms with E-state index in [9.17, 15) is 0 Å². The molecule has 1 aromatic heterocycles. The summed E-state index contributed by atoms with van der Waals surface area (Å²) in [6.45, 7) is 0.749. The highest BCUT2D eigenvalue weighted by atomic mass is 79.9. The quantitative estimate of drug-likeness (QED) is 0.810. The van der Waals surface area contributed by atoms with Gasteiger partial charge in [0.25, 0.3) is 0 Å². The smallest absolute Gasteiger partial charge is 0.209 e. The van der Waals surface area contributed by atoms with Gasteiger partial charge in [0.15, 0.2) is 0 Å². The first-order valence-corrected chi connectivity index (χ1v) is 6.62. The molecule has 3 nitrogen and oxygen atoms in total. The molecule has 0 radical (unpaired) electrons. The van der Waals surface area contributed by atoms with Gasteiger partial charge in [-0.3, -0.25) is 0 Å². The number of aromatic nitrogens is 2. The summed E-state index contributed by atoms with van der Waals surface area (Å²) in [5, 5.41) is 1.06. The van der Waals surface area contributed by atoms with Gasteiger partial charge in [0.2, 0.25) is 4.73 Å². The molecule has 0 saturated heterocycles. The lowest BCUT2D eigenvalue weighted by Gasteiger charge is -2.23. The highest BCUT2D eigenvalue weighted by Crippen LogP contribution is 2.38. The molecule has 0 amide bonds. The van der Waals surface area contributed by atoms with Crippen molar-refractivity contribution < 1.29 is 4.74 Å². The average molecular weight is 297 g/mol. The van der Waals surface area contributed by atoms with Crippen LogP contribution in [0.5, 0.6) is 5.75 Å². The predicted octanol–water partition coefficient (Wildman–Crippen LogP) is 3.22. The van der Waals surface area contributed by atoms with Crippen LogP contribution in [-0.2, 0) is 0 Å². The van der Waals surface area contributed by atoms with Gasteiger partial charge in [-0.1, -0.05) is 18.2 Å². The van der Waals surface area contributed by atoms with Gasteiger partial charge in [0, 0.05) is 11.5 Å². The number of benzene rings is 1. The molecule has 3 rings (SSSR count). The van der Waals surface area contributed by atoms with E-state index in [1.807, 2.05) is 18.2 Å². The molecule has 1 aliphatic rings. The van der Waals surface area contributed by atoms with Gasteiger partial charge in [-0.25, -0.2) is 4.98 Å². The normalized spacial score (nSPS) is 18.9. The van der Waals surface area contributed by atoms with Crippen LogP contribution in [0.25, 0.3) is 0 Å². The standard InChI is InChI=1S/C11H9BrN2OS/c12-11-13-10(16-14-11)8-5-6-15-9-4-2-1-3-7(8)9/h1-4,8H,5-6H2. The monoisotopic (exact) mass is 296 g/mol. The van der Waals surface area contributed by atoms with E-state index in [2.05, 4.69) is 31.4 Å². The van der Waals surface area contributed by atoms with Crippen LogP contribution in [0.3, 0.4) is 0 Å². The van der Waals surface area contributed by atoms with Crippen LogP contribution in [0.15, 0.2) is 29.0 Å². The van der Waals surface area contributed by atoms with Gasteiger partial charge >= 0.3 is 0 Å². The molecule has 0 aliphatic carbocycles. The maximum absolute atomic E-state index is 5.63. The van der Waals surface area contributed by atoms with Crippen molar-refractivity contribution in [2.75, 3.05) is 6.61 Å². The van der Waals surface area contributed by atoms with E-state index in [-0.39, 0.29) is 0 Å². The maximum Gasteiger partial charge on any atom is 0.209 e.